The summed E-state index contributed by atoms with van der Waals surface area (Å²) in [5.74, 6) is -0.409. The molecule has 4 heteroatoms. The fraction of sp³-hybridized carbons (Fsp3) is 0.385. The van der Waals surface area contributed by atoms with Gasteiger partial charge in [0.2, 0.25) is 5.91 Å². The van der Waals surface area contributed by atoms with Gasteiger partial charge in [0.15, 0.2) is 0 Å². The third kappa shape index (κ3) is 2.16. The molecule has 2 amide bonds. The normalized spacial score (nSPS) is 19.6. The Morgan fingerprint density at radius 3 is 2.59 bits per heavy atom. The maximum Gasteiger partial charge on any atom is 0.417 e. The number of hydrogen-bond donors (Lipinski definition) is 0. The Hall–Kier alpha value is -1.84. The molecule has 0 radical (unpaired) electrons. The molecule has 1 fully saturated rings. The number of ether oxygens (including phenoxy) is 1. The van der Waals surface area contributed by atoms with Crippen molar-refractivity contribution in [2.24, 2.45) is 5.92 Å². The minimum absolute atomic E-state index is 0.193. The molecule has 0 bridgehead atoms. The number of carbonyl (C=O) groups excluding carboxylic acids is 2. The van der Waals surface area contributed by atoms with Crippen LogP contribution in [-0.2, 0) is 9.53 Å². The maximum absolute atomic E-state index is 12.0. The van der Waals surface area contributed by atoms with Crippen molar-refractivity contribution in [3.8, 4) is 0 Å². The van der Waals surface area contributed by atoms with Crippen LogP contribution in [0.3, 0.4) is 0 Å². The first-order valence-electron chi connectivity index (χ1n) is 5.66. The van der Waals surface area contributed by atoms with Crippen LogP contribution in [0.25, 0.3) is 0 Å². The van der Waals surface area contributed by atoms with Gasteiger partial charge in [-0.2, -0.15) is 0 Å². The van der Waals surface area contributed by atoms with E-state index in [0.29, 0.717) is 0 Å². The number of benzene rings is 1. The van der Waals surface area contributed by atoms with E-state index in [1.54, 1.807) is 13.8 Å². The van der Waals surface area contributed by atoms with Gasteiger partial charge in [0.05, 0.1) is 0 Å². The van der Waals surface area contributed by atoms with E-state index in [0.717, 1.165) is 5.56 Å². The SMILES string of the molecule is CC(C)C(=O)N1C(=O)OC[C@H]1c1ccccc1. The third-order valence-electron chi connectivity index (χ3n) is 2.79. The summed E-state index contributed by atoms with van der Waals surface area (Å²) in [6.07, 6.45) is -0.544. The van der Waals surface area contributed by atoms with Gasteiger partial charge in [-0.1, -0.05) is 44.2 Å². The molecule has 4 nitrogen and oxygen atoms in total. The van der Waals surface area contributed by atoms with Gasteiger partial charge in [0.25, 0.3) is 0 Å². The largest absolute Gasteiger partial charge is 0.446 e. The number of rotatable bonds is 2. The minimum atomic E-state index is -0.544. The Kier molecular flexibility index (Phi) is 3.13. The van der Waals surface area contributed by atoms with E-state index in [1.165, 1.54) is 4.90 Å². The van der Waals surface area contributed by atoms with Crippen LogP contribution in [0.1, 0.15) is 25.5 Å². The first-order valence-corrected chi connectivity index (χ1v) is 5.66. The van der Waals surface area contributed by atoms with Crippen molar-refractivity contribution in [2.45, 2.75) is 19.9 Å². The first-order chi connectivity index (χ1) is 8.11. The molecule has 1 aromatic carbocycles. The summed E-state index contributed by atoms with van der Waals surface area (Å²) in [7, 11) is 0. The molecule has 0 saturated carbocycles. The second kappa shape index (κ2) is 4.57. The average molecular weight is 233 g/mol. The molecule has 0 N–H and O–H groups in total. The van der Waals surface area contributed by atoms with Gasteiger partial charge in [-0.3, -0.25) is 4.79 Å². The van der Waals surface area contributed by atoms with E-state index < -0.39 is 6.09 Å². The van der Waals surface area contributed by atoms with E-state index >= 15 is 0 Å². The average Bonchev–Trinajstić information content (AvgIpc) is 2.71. The van der Waals surface area contributed by atoms with Crippen LogP contribution in [0, 0.1) is 5.92 Å². The Bertz CT molecular complexity index is 428. The molecule has 1 saturated heterocycles. The van der Waals surface area contributed by atoms with Gasteiger partial charge in [-0.15, -0.1) is 0 Å². The number of imide groups is 1. The summed E-state index contributed by atoms with van der Waals surface area (Å²) >= 11 is 0. The summed E-state index contributed by atoms with van der Waals surface area (Å²) in [4.78, 5) is 24.8. The van der Waals surface area contributed by atoms with Gasteiger partial charge >= 0.3 is 6.09 Å². The zero-order valence-corrected chi connectivity index (χ0v) is 9.92. The molecule has 0 unspecified atom stereocenters. The highest BCUT2D eigenvalue weighted by molar-refractivity contribution is 5.94. The highest BCUT2D eigenvalue weighted by Gasteiger charge is 2.39. The Labute approximate surface area is 100 Å². The van der Waals surface area contributed by atoms with E-state index in [9.17, 15) is 9.59 Å². The lowest BCUT2D eigenvalue weighted by Crippen LogP contribution is -2.36. The van der Waals surface area contributed by atoms with Crippen LogP contribution in [0.4, 0.5) is 4.79 Å². The molecule has 0 aromatic heterocycles. The second-order valence-corrected chi connectivity index (χ2v) is 4.37. The maximum atomic E-state index is 12.0. The summed E-state index contributed by atoms with van der Waals surface area (Å²) in [6.45, 7) is 3.78. The topological polar surface area (TPSA) is 46.6 Å². The summed E-state index contributed by atoms with van der Waals surface area (Å²) in [6, 6.07) is 9.17. The van der Waals surface area contributed by atoms with Crippen LogP contribution in [-0.4, -0.2) is 23.5 Å². The number of hydrogen-bond acceptors (Lipinski definition) is 3. The summed E-state index contributed by atoms with van der Waals surface area (Å²) in [5.41, 5.74) is 0.923. The van der Waals surface area contributed by atoms with Crippen molar-refractivity contribution in [1.82, 2.24) is 4.90 Å². The van der Waals surface area contributed by atoms with Gasteiger partial charge < -0.3 is 4.74 Å². The monoisotopic (exact) mass is 233 g/mol. The third-order valence-corrected chi connectivity index (χ3v) is 2.79. The second-order valence-electron chi connectivity index (χ2n) is 4.37. The van der Waals surface area contributed by atoms with Crippen LogP contribution >= 0.6 is 0 Å². The molecule has 0 aliphatic carbocycles. The number of nitrogens with zero attached hydrogens (tertiary/aromatic N) is 1. The van der Waals surface area contributed by atoms with Crippen molar-refractivity contribution in [3.05, 3.63) is 35.9 Å². The van der Waals surface area contributed by atoms with Crippen LogP contribution in [0.2, 0.25) is 0 Å². The predicted octanol–water partition coefficient (Wildman–Crippen LogP) is 2.36. The smallest absolute Gasteiger partial charge is 0.417 e. The zero-order chi connectivity index (χ0) is 12.4. The lowest BCUT2D eigenvalue weighted by molar-refractivity contribution is -0.132. The number of cyclic esters (lactones) is 1. The van der Waals surface area contributed by atoms with Gasteiger partial charge in [0.1, 0.15) is 12.6 Å². The van der Waals surface area contributed by atoms with Crippen molar-refractivity contribution < 1.29 is 14.3 Å². The van der Waals surface area contributed by atoms with E-state index in [1.807, 2.05) is 30.3 Å². The highest BCUT2D eigenvalue weighted by Crippen LogP contribution is 2.28. The molecule has 1 aliphatic heterocycles. The lowest BCUT2D eigenvalue weighted by atomic mass is 10.1. The standard InChI is InChI=1S/C13H15NO3/c1-9(2)12(15)14-11(8-17-13(14)16)10-6-4-3-5-7-10/h3-7,9,11H,8H2,1-2H3/t11-/m0/s1. The Morgan fingerprint density at radius 2 is 2.00 bits per heavy atom. The molecule has 1 heterocycles. The van der Waals surface area contributed by atoms with Crippen LogP contribution in [0.5, 0.6) is 0 Å². The molecular weight excluding hydrogens is 218 g/mol. The van der Waals surface area contributed by atoms with Gasteiger partial charge in [-0.25, -0.2) is 9.69 Å². The van der Waals surface area contributed by atoms with Gasteiger partial charge in [0, 0.05) is 5.92 Å². The van der Waals surface area contributed by atoms with E-state index in [-0.39, 0.29) is 24.5 Å². The quantitative estimate of drug-likeness (QED) is 0.787. The molecule has 2 rings (SSSR count). The fourth-order valence-corrected chi connectivity index (χ4v) is 1.86. The molecule has 1 aromatic rings. The highest BCUT2D eigenvalue weighted by atomic mass is 16.6. The molecule has 17 heavy (non-hydrogen) atoms. The Morgan fingerprint density at radius 1 is 1.35 bits per heavy atom. The molecular formula is C13H15NO3. The zero-order valence-electron chi connectivity index (χ0n) is 9.92. The lowest BCUT2D eigenvalue weighted by Gasteiger charge is -2.21. The molecule has 1 atom stereocenters. The molecule has 1 aliphatic rings. The fourth-order valence-electron chi connectivity index (χ4n) is 1.86. The number of carbonyl (C=O) groups is 2. The van der Waals surface area contributed by atoms with Crippen LogP contribution in [0.15, 0.2) is 30.3 Å². The van der Waals surface area contributed by atoms with E-state index in [4.69, 9.17) is 4.74 Å². The number of amides is 2. The molecule has 90 valence electrons. The summed E-state index contributed by atoms with van der Waals surface area (Å²) in [5, 5.41) is 0. The van der Waals surface area contributed by atoms with Crippen molar-refractivity contribution in [2.75, 3.05) is 6.61 Å². The van der Waals surface area contributed by atoms with Gasteiger partial charge in [-0.05, 0) is 5.56 Å². The van der Waals surface area contributed by atoms with Crippen molar-refractivity contribution in [3.63, 3.8) is 0 Å². The first kappa shape index (κ1) is 11.6. The minimum Gasteiger partial charge on any atom is -0.446 e. The van der Waals surface area contributed by atoms with Crippen molar-refractivity contribution in [1.29, 1.82) is 0 Å². The molecule has 0 spiro atoms. The Balaban J connectivity index is 2.29. The van der Waals surface area contributed by atoms with E-state index in [2.05, 4.69) is 0 Å². The van der Waals surface area contributed by atoms with Crippen LogP contribution < -0.4 is 0 Å². The van der Waals surface area contributed by atoms with Crippen molar-refractivity contribution >= 4 is 12.0 Å². The summed E-state index contributed by atoms with van der Waals surface area (Å²) < 4.78 is 4.97. The predicted molar refractivity (Wildman–Crippen MR) is 62.2 cm³/mol.